The van der Waals surface area contributed by atoms with Gasteiger partial charge in [-0.1, -0.05) is 34.1 Å². The predicted molar refractivity (Wildman–Crippen MR) is 89.9 cm³/mol. The summed E-state index contributed by atoms with van der Waals surface area (Å²) in [6, 6.07) is 10.6. The van der Waals surface area contributed by atoms with Crippen molar-refractivity contribution in [3.8, 4) is 11.5 Å². The van der Waals surface area contributed by atoms with Gasteiger partial charge in [0.15, 0.2) is 17.3 Å². The van der Waals surface area contributed by atoms with Crippen LogP contribution in [-0.4, -0.2) is 18.0 Å². The minimum Gasteiger partial charge on any atom is -0.503 e. The maximum Gasteiger partial charge on any atom is 0.185 e. The first-order chi connectivity index (χ1) is 10.0. The van der Waals surface area contributed by atoms with Crippen molar-refractivity contribution in [3.05, 3.63) is 62.5 Å². The van der Waals surface area contributed by atoms with Gasteiger partial charge in [0.1, 0.15) is 0 Å². The molecule has 108 valence electrons. The average Bonchev–Trinajstić information content (AvgIpc) is 2.48. The molecule has 2 rings (SSSR count). The van der Waals surface area contributed by atoms with Crippen LogP contribution in [0.1, 0.15) is 15.9 Å². The fourth-order valence-electron chi connectivity index (χ4n) is 1.76. The Bertz CT molecular complexity index is 709. The van der Waals surface area contributed by atoms with Gasteiger partial charge in [-0.2, -0.15) is 0 Å². The van der Waals surface area contributed by atoms with Gasteiger partial charge in [-0.3, -0.25) is 4.79 Å². The molecule has 0 radical (unpaired) electrons. The van der Waals surface area contributed by atoms with E-state index in [0.29, 0.717) is 15.8 Å². The molecule has 0 saturated heterocycles. The average molecular weight is 412 g/mol. The van der Waals surface area contributed by atoms with E-state index in [0.717, 1.165) is 10.0 Å². The quantitative estimate of drug-likeness (QED) is 0.579. The number of carbonyl (C=O) groups is 1. The van der Waals surface area contributed by atoms with Crippen molar-refractivity contribution in [1.82, 2.24) is 0 Å². The first-order valence-corrected chi connectivity index (χ1v) is 7.64. The van der Waals surface area contributed by atoms with Gasteiger partial charge in [0, 0.05) is 10.0 Å². The van der Waals surface area contributed by atoms with Crippen molar-refractivity contribution in [2.45, 2.75) is 0 Å². The van der Waals surface area contributed by atoms with E-state index in [1.165, 1.54) is 13.2 Å². The lowest BCUT2D eigenvalue weighted by Crippen LogP contribution is -1.93. The second kappa shape index (κ2) is 6.91. The first kappa shape index (κ1) is 15.8. The molecule has 0 heterocycles. The smallest absolute Gasteiger partial charge is 0.185 e. The molecule has 0 unspecified atom stereocenters. The molecular weight excluding hydrogens is 400 g/mol. The molecule has 3 nitrogen and oxygen atoms in total. The number of ether oxygens (including phenoxy) is 1. The van der Waals surface area contributed by atoms with Crippen LogP contribution in [0.3, 0.4) is 0 Å². The maximum atomic E-state index is 12.1. The number of phenolic OH excluding ortho intramolecular Hbond substituents is 1. The predicted octanol–water partition coefficient (Wildman–Crippen LogP) is 4.82. The van der Waals surface area contributed by atoms with Crippen LogP contribution in [0.2, 0.25) is 0 Å². The van der Waals surface area contributed by atoms with Crippen molar-refractivity contribution in [2.75, 3.05) is 7.11 Å². The largest absolute Gasteiger partial charge is 0.503 e. The Balaban J connectivity index is 2.25. The van der Waals surface area contributed by atoms with Crippen LogP contribution in [0.25, 0.3) is 6.08 Å². The SMILES string of the molecule is COc1cc(C=CC(=O)c2cccc(Br)c2)cc(Br)c1O. The normalized spacial score (nSPS) is 10.8. The highest BCUT2D eigenvalue weighted by Gasteiger charge is 2.08. The Hall–Kier alpha value is -1.59. The van der Waals surface area contributed by atoms with Gasteiger partial charge in [-0.05, 0) is 51.8 Å². The molecule has 0 saturated carbocycles. The van der Waals surface area contributed by atoms with Gasteiger partial charge in [-0.15, -0.1) is 0 Å². The molecule has 0 aliphatic heterocycles. The third-order valence-corrected chi connectivity index (χ3v) is 3.90. The number of phenols is 1. The molecule has 0 aromatic heterocycles. The van der Waals surface area contributed by atoms with Crippen molar-refractivity contribution < 1.29 is 14.6 Å². The number of halogens is 2. The number of hydrogen-bond acceptors (Lipinski definition) is 3. The third-order valence-electron chi connectivity index (χ3n) is 2.81. The minimum atomic E-state index is -0.0977. The summed E-state index contributed by atoms with van der Waals surface area (Å²) in [5.74, 6) is 0.284. The van der Waals surface area contributed by atoms with Gasteiger partial charge >= 0.3 is 0 Å². The number of ketones is 1. The number of carbonyl (C=O) groups excluding carboxylic acids is 1. The van der Waals surface area contributed by atoms with Gasteiger partial charge in [-0.25, -0.2) is 0 Å². The molecule has 1 N–H and O–H groups in total. The highest BCUT2D eigenvalue weighted by molar-refractivity contribution is 9.10. The number of allylic oxidation sites excluding steroid dienone is 1. The summed E-state index contributed by atoms with van der Waals surface area (Å²) >= 11 is 6.58. The van der Waals surface area contributed by atoms with E-state index in [9.17, 15) is 9.90 Å². The van der Waals surface area contributed by atoms with E-state index in [-0.39, 0.29) is 11.5 Å². The lowest BCUT2D eigenvalue weighted by Gasteiger charge is -2.06. The summed E-state index contributed by atoms with van der Waals surface area (Å²) in [5.41, 5.74) is 1.35. The van der Waals surface area contributed by atoms with Gasteiger partial charge in [0.05, 0.1) is 11.6 Å². The van der Waals surface area contributed by atoms with Crippen molar-refractivity contribution >= 4 is 43.7 Å². The van der Waals surface area contributed by atoms with Crippen LogP contribution < -0.4 is 4.74 Å². The van der Waals surface area contributed by atoms with E-state index in [1.807, 2.05) is 12.1 Å². The molecule has 21 heavy (non-hydrogen) atoms. The van der Waals surface area contributed by atoms with Crippen LogP contribution in [0.4, 0.5) is 0 Å². The second-order valence-corrected chi connectivity index (χ2v) is 6.03. The van der Waals surface area contributed by atoms with Gasteiger partial charge in [0.2, 0.25) is 0 Å². The molecule has 0 bridgehead atoms. The third kappa shape index (κ3) is 3.95. The zero-order valence-electron chi connectivity index (χ0n) is 11.1. The summed E-state index contributed by atoms with van der Waals surface area (Å²) < 4.78 is 6.44. The number of rotatable bonds is 4. The van der Waals surface area contributed by atoms with Gasteiger partial charge in [0.25, 0.3) is 0 Å². The Morgan fingerprint density at radius 2 is 2.00 bits per heavy atom. The molecule has 5 heteroatoms. The standard InChI is InChI=1S/C16H12Br2O3/c1-21-15-8-10(7-13(18)16(15)20)5-6-14(19)11-3-2-4-12(17)9-11/h2-9,20H,1H3. The molecule has 0 atom stereocenters. The van der Waals surface area contributed by atoms with E-state index in [1.54, 1.807) is 30.3 Å². The topological polar surface area (TPSA) is 46.5 Å². The fraction of sp³-hybridized carbons (Fsp3) is 0.0625. The first-order valence-electron chi connectivity index (χ1n) is 6.05. The minimum absolute atomic E-state index is 0.0352. The Labute approximate surface area is 139 Å². The zero-order chi connectivity index (χ0) is 15.4. The molecule has 0 spiro atoms. The molecule has 2 aromatic carbocycles. The van der Waals surface area contributed by atoms with Crippen LogP contribution in [0.5, 0.6) is 11.5 Å². The molecule has 0 aliphatic carbocycles. The van der Waals surface area contributed by atoms with E-state index < -0.39 is 0 Å². The molecule has 0 aliphatic rings. The Morgan fingerprint density at radius 1 is 1.24 bits per heavy atom. The highest BCUT2D eigenvalue weighted by atomic mass is 79.9. The fourth-order valence-corrected chi connectivity index (χ4v) is 2.61. The molecular formula is C16H12Br2O3. The summed E-state index contributed by atoms with van der Waals surface area (Å²) in [6.07, 6.45) is 3.16. The number of methoxy groups -OCH3 is 1. The molecule has 0 amide bonds. The van der Waals surface area contributed by atoms with Crippen LogP contribution in [-0.2, 0) is 0 Å². The summed E-state index contributed by atoms with van der Waals surface area (Å²) in [5, 5.41) is 9.74. The van der Waals surface area contributed by atoms with Crippen molar-refractivity contribution in [3.63, 3.8) is 0 Å². The van der Waals surface area contributed by atoms with Crippen molar-refractivity contribution in [1.29, 1.82) is 0 Å². The summed E-state index contributed by atoms with van der Waals surface area (Å²) in [4.78, 5) is 12.1. The van der Waals surface area contributed by atoms with Gasteiger partial charge < -0.3 is 9.84 Å². The van der Waals surface area contributed by atoms with Crippen LogP contribution in [0.15, 0.2) is 51.4 Å². The van der Waals surface area contributed by atoms with Crippen LogP contribution >= 0.6 is 31.9 Å². The summed E-state index contributed by atoms with van der Waals surface area (Å²) in [7, 11) is 1.47. The Morgan fingerprint density at radius 3 is 2.67 bits per heavy atom. The maximum absolute atomic E-state index is 12.1. The molecule has 0 fully saturated rings. The monoisotopic (exact) mass is 410 g/mol. The van der Waals surface area contributed by atoms with Crippen molar-refractivity contribution in [2.24, 2.45) is 0 Å². The summed E-state index contributed by atoms with van der Waals surface area (Å²) in [6.45, 7) is 0. The van der Waals surface area contributed by atoms with E-state index in [4.69, 9.17) is 4.74 Å². The number of hydrogen-bond donors (Lipinski definition) is 1. The lowest BCUT2D eigenvalue weighted by molar-refractivity contribution is 0.104. The number of benzene rings is 2. The zero-order valence-corrected chi connectivity index (χ0v) is 14.3. The second-order valence-electron chi connectivity index (χ2n) is 4.26. The van der Waals surface area contributed by atoms with E-state index >= 15 is 0 Å². The van der Waals surface area contributed by atoms with Crippen LogP contribution in [0, 0.1) is 0 Å². The Kier molecular flexibility index (Phi) is 5.20. The lowest BCUT2D eigenvalue weighted by atomic mass is 10.1. The molecule has 2 aromatic rings. The van der Waals surface area contributed by atoms with E-state index in [2.05, 4.69) is 31.9 Å². The highest BCUT2D eigenvalue weighted by Crippen LogP contribution is 2.35. The number of aromatic hydroxyl groups is 1.